The maximum atomic E-state index is 12.0. The number of nitro benzene ring substituents is 1. The monoisotopic (exact) mass is 356 g/mol. The molecule has 0 aliphatic rings. The molecule has 0 saturated carbocycles. The van der Waals surface area contributed by atoms with Crippen molar-refractivity contribution in [3.8, 4) is 0 Å². The average Bonchev–Trinajstić information content (AvgIpc) is 2.83. The van der Waals surface area contributed by atoms with Crippen LogP contribution in [0.1, 0.15) is 20.4 Å². The lowest BCUT2D eigenvalue weighted by Gasteiger charge is -2.07. The lowest BCUT2D eigenvalue weighted by molar-refractivity contribution is -0.384. The molecule has 0 spiro atoms. The van der Waals surface area contributed by atoms with Crippen LogP contribution in [0.4, 0.5) is 5.69 Å². The number of amides is 1. The van der Waals surface area contributed by atoms with Gasteiger partial charge in [0.25, 0.3) is 21.6 Å². The van der Waals surface area contributed by atoms with E-state index in [2.05, 4.69) is 10.4 Å². The summed E-state index contributed by atoms with van der Waals surface area (Å²) in [5.41, 5.74) is 2.36. The molecule has 0 radical (unpaired) electrons. The highest BCUT2D eigenvalue weighted by molar-refractivity contribution is 7.89. The number of rotatable bonds is 5. The van der Waals surface area contributed by atoms with Gasteiger partial charge in [0, 0.05) is 12.1 Å². The summed E-state index contributed by atoms with van der Waals surface area (Å²) in [5.74, 6) is -0.626. The highest BCUT2D eigenvalue weighted by Crippen LogP contribution is 2.17. The first-order chi connectivity index (χ1) is 10.7. The Bertz CT molecular complexity index is 858. The van der Waals surface area contributed by atoms with Gasteiger partial charge in [0.05, 0.1) is 20.5 Å². The van der Waals surface area contributed by atoms with E-state index in [1.807, 2.05) is 4.83 Å². The Morgan fingerprint density at radius 1 is 1.26 bits per heavy atom. The van der Waals surface area contributed by atoms with E-state index < -0.39 is 20.9 Å². The second-order valence-corrected chi connectivity index (χ2v) is 7.34. The van der Waals surface area contributed by atoms with Gasteiger partial charge in [-0.25, -0.2) is 13.4 Å². The molecular formula is C12H12N4O5S2. The number of nitrogens with zero attached hydrogens (tertiary/aromatic N) is 2. The molecule has 2 rings (SSSR count). The molecule has 2 aromatic rings. The third-order valence-electron chi connectivity index (χ3n) is 2.77. The maximum absolute atomic E-state index is 12.0. The number of hydrazine groups is 1. The highest BCUT2D eigenvalue weighted by atomic mass is 32.2. The summed E-state index contributed by atoms with van der Waals surface area (Å²) in [4.78, 5) is 28.0. The molecule has 0 unspecified atom stereocenters. The molecule has 0 aliphatic heterocycles. The van der Waals surface area contributed by atoms with E-state index in [1.54, 1.807) is 13.8 Å². The van der Waals surface area contributed by atoms with Crippen molar-refractivity contribution in [2.24, 2.45) is 0 Å². The van der Waals surface area contributed by atoms with Gasteiger partial charge in [0.15, 0.2) is 0 Å². The number of hydrogen-bond donors (Lipinski definition) is 2. The largest absolute Gasteiger partial charge is 0.278 e. The summed E-state index contributed by atoms with van der Waals surface area (Å²) in [6.45, 7) is 3.37. The van der Waals surface area contributed by atoms with Crippen molar-refractivity contribution in [2.75, 3.05) is 0 Å². The lowest BCUT2D eigenvalue weighted by Crippen LogP contribution is -2.41. The number of aromatic nitrogens is 1. The molecule has 1 heterocycles. The first kappa shape index (κ1) is 17.0. The van der Waals surface area contributed by atoms with Crippen LogP contribution in [-0.2, 0) is 10.0 Å². The molecule has 1 aromatic carbocycles. The van der Waals surface area contributed by atoms with E-state index in [0.29, 0.717) is 15.6 Å². The molecule has 1 amide bonds. The molecule has 1 aromatic heterocycles. The number of hydrogen-bond acceptors (Lipinski definition) is 7. The Morgan fingerprint density at radius 3 is 2.35 bits per heavy atom. The van der Waals surface area contributed by atoms with Crippen molar-refractivity contribution in [1.82, 2.24) is 15.2 Å². The Hall–Kier alpha value is -2.37. The first-order valence-corrected chi connectivity index (χ1v) is 8.51. The molecule has 0 atom stereocenters. The van der Waals surface area contributed by atoms with Gasteiger partial charge in [-0.3, -0.25) is 20.3 Å². The van der Waals surface area contributed by atoms with Crippen LogP contribution >= 0.6 is 11.3 Å². The van der Waals surface area contributed by atoms with Crippen molar-refractivity contribution in [1.29, 1.82) is 0 Å². The first-order valence-electron chi connectivity index (χ1n) is 6.21. The third kappa shape index (κ3) is 3.88. The summed E-state index contributed by atoms with van der Waals surface area (Å²) in [5, 5.41) is 11.2. The van der Waals surface area contributed by atoms with Crippen LogP contribution in [0.5, 0.6) is 0 Å². The zero-order valence-electron chi connectivity index (χ0n) is 12.1. The Kier molecular flexibility index (Phi) is 4.73. The van der Waals surface area contributed by atoms with E-state index in [9.17, 15) is 23.3 Å². The Labute approximate surface area is 135 Å². The Balaban J connectivity index is 2.11. The summed E-state index contributed by atoms with van der Waals surface area (Å²) in [7, 11) is -4.03. The van der Waals surface area contributed by atoms with E-state index in [0.717, 1.165) is 35.6 Å². The number of benzene rings is 1. The SMILES string of the molecule is Cc1nc(C)c(C(=O)NNS(=O)(=O)c2ccc([N+](=O)[O-])cc2)s1. The zero-order chi connectivity index (χ0) is 17.2. The summed E-state index contributed by atoms with van der Waals surface area (Å²) < 4.78 is 24.1. The summed E-state index contributed by atoms with van der Waals surface area (Å²) in [6, 6.07) is 4.28. The van der Waals surface area contributed by atoms with Crippen LogP contribution in [0.3, 0.4) is 0 Å². The van der Waals surface area contributed by atoms with E-state index in [-0.39, 0.29) is 10.6 Å². The third-order valence-corrected chi connectivity index (χ3v) is 5.10. The molecule has 0 fully saturated rings. The van der Waals surface area contributed by atoms with Crippen molar-refractivity contribution in [3.63, 3.8) is 0 Å². The van der Waals surface area contributed by atoms with E-state index in [1.165, 1.54) is 0 Å². The molecule has 11 heteroatoms. The number of nitrogens with one attached hydrogen (secondary N) is 2. The molecule has 0 aliphatic carbocycles. The number of thiazole rings is 1. The standard InChI is InChI=1S/C12H12N4O5S2/c1-7-11(22-8(2)13-7)12(17)14-15-23(20,21)10-5-3-9(4-6-10)16(18)19/h3-6,15H,1-2H3,(H,14,17). The second-order valence-electron chi connectivity index (χ2n) is 4.46. The van der Waals surface area contributed by atoms with Crippen molar-refractivity contribution in [2.45, 2.75) is 18.7 Å². The van der Waals surface area contributed by atoms with Gasteiger partial charge in [-0.1, -0.05) is 0 Å². The number of non-ortho nitro benzene ring substituents is 1. The fraction of sp³-hybridized carbons (Fsp3) is 0.167. The molecular weight excluding hydrogens is 344 g/mol. The van der Waals surface area contributed by atoms with Crippen LogP contribution < -0.4 is 10.3 Å². The number of sulfonamides is 1. The molecule has 122 valence electrons. The van der Waals surface area contributed by atoms with Gasteiger partial charge in [0.2, 0.25) is 0 Å². The quantitative estimate of drug-likeness (QED) is 0.613. The van der Waals surface area contributed by atoms with Crippen LogP contribution in [0.25, 0.3) is 0 Å². The predicted molar refractivity (Wildman–Crippen MR) is 82.5 cm³/mol. The van der Waals surface area contributed by atoms with Crippen LogP contribution in [-0.4, -0.2) is 24.2 Å². The Morgan fingerprint density at radius 2 is 1.87 bits per heavy atom. The average molecular weight is 356 g/mol. The highest BCUT2D eigenvalue weighted by Gasteiger charge is 2.19. The normalized spacial score (nSPS) is 11.2. The van der Waals surface area contributed by atoms with Crippen molar-refractivity contribution >= 4 is 33.0 Å². The summed E-state index contributed by atoms with van der Waals surface area (Å²) >= 11 is 1.14. The molecule has 0 saturated heterocycles. The van der Waals surface area contributed by atoms with E-state index in [4.69, 9.17) is 0 Å². The van der Waals surface area contributed by atoms with E-state index >= 15 is 0 Å². The minimum atomic E-state index is -4.03. The zero-order valence-corrected chi connectivity index (χ0v) is 13.7. The number of aryl methyl sites for hydroxylation is 2. The number of carbonyl (C=O) groups is 1. The minimum absolute atomic E-state index is 0.208. The smallest absolute Gasteiger partial charge is 0.273 e. The van der Waals surface area contributed by atoms with Gasteiger partial charge in [-0.2, -0.15) is 0 Å². The van der Waals surface area contributed by atoms with Gasteiger partial charge in [-0.05, 0) is 26.0 Å². The predicted octanol–water partition coefficient (Wildman–Crippen LogP) is 1.29. The summed E-state index contributed by atoms with van der Waals surface area (Å²) in [6.07, 6.45) is 0. The van der Waals surface area contributed by atoms with Crippen LogP contribution in [0.15, 0.2) is 29.2 Å². The minimum Gasteiger partial charge on any atom is -0.273 e. The molecule has 0 bridgehead atoms. The van der Waals surface area contributed by atoms with Gasteiger partial charge in [-0.15, -0.1) is 16.2 Å². The van der Waals surface area contributed by atoms with Gasteiger partial charge >= 0.3 is 0 Å². The van der Waals surface area contributed by atoms with Gasteiger partial charge < -0.3 is 0 Å². The second kappa shape index (κ2) is 6.40. The number of nitro groups is 1. The van der Waals surface area contributed by atoms with Gasteiger partial charge in [0.1, 0.15) is 4.88 Å². The fourth-order valence-electron chi connectivity index (χ4n) is 1.72. The molecule has 23 heavy (non-hydrogen) atoms. The lowest BCUT2D eigenvalue weighted by atomic mass is 10.3. The molecule has 9 nitrogen and oxygen atoms in total. The molecule has 2 N–H and O–H groups in total. The fourth-order valence-corrected chi connectivity index (χ4v) is 3.37. The topological polar surface area (TPSA) is 131 Å². The van der Waals surface area contributed by atoms with Crippen LogP contribution in [0, 0.1) is 24.0 Å². The van der Waals surface area contributed by atoms with Crippen LogP contribution in [0.2, 0.25) is 0 Å². The van der Waals surface area contributed by atoms with Crippen molar-refractivity contribution in [3.05, 3.63) is 50.0 Å². The maximum Gasteiger partial charge on any atom is 0.278 e. The van der Waals surface area contributed by atoms with Crippen molar-refractivity contribution < 1.29 is 18.1 Å². The number of carbonyl (C=O) groups excluding carboxylic acids is 1.